The zero-order valence-electron chi connectivity index (χ0n) is 11.6. The monoisotopic (exact) mass is 335 g/mol. The summed E-state index contributed by atoms with van der Waals surface area (Å²) in [5.74, 6) is 0. The van der Waals surface area contributed by atoms with Crippen LogP contribution in [-0.2, 0) is 10.0 Å². The molecule has 0 amide bonds. The predicted molar refractivity (Wildman–Crippen MR) is 81.3 cm³/mol. The van der Waals surface area contributed by atoms with Gasteiger partial charge < -0.3 is 5.32 Å². The molecule has 2 rings (SSSR count). The third-order valence-electron chi connectivity index (χ3n) is 3.31. The third kappa shape index (κ3) is 3.91. The molecule has 118 valence electrons. The molecule has 0 saturated carbocycles. The Kier molecular flexibility index (Phi) is 6.09. The summed E-state index contributed by atoms with van der Waals surface area (Å²) in [6, 6.07) is 4.04. The van der Waals surface area contributed by atoms with E-state index < -0.39 is 14.9 Å². The molecule has 1 aliphatic heterocycles. The molecule has 0 bridgehead atoms. The van der Waals surface area contributed by atoms with E-state index in [1.807, 2.05) is 0 Å². The van der Waals surface area contributed by atoms with Crippen molar-refractivity contribution in [1.82, 2.24) is 9.62 Å². The van der Waals surface area contributed by atoms with E-state index in [-0.39, 0.29) is 23.0 Å². The van der Waals surface area contributed by atoms with Crippen LogP contribution >= 0.6 is 12.4 Å². The molecule has 0 atom stereocenters. The van der Waals surface area contributed by atoms with E-state index in [2.05, 4.69) is 5.32 Å². The molecular weight excluding hydrogens is 318 g/mol. The maximum absolute atomic E-state index is 12.5. The fraction of sp³-hybridized carbons (Fsp3) is 0.500. The minimum Gasteiger partial charge on any atom is -0.315 e. The summed E-state index contributed by atoms with van der Waals surface area (Å²) in [7, 11) is -3.67. The summed E-state index contributed by atoms with van der Waals surface area (Å²) < 4.78 is 26.4. The molecule has 0 spiro atoms. The zero-order chi connectivity index (χ0) is 14.8. The Morgan fingerprint density at radius 2 is 2.00 bits per heavy atom. The van der Waals surface area contributed by atoms with Crippen LogP contribution in [0.5, 0.6) is 0 Å². The van der Waals surface area contributed by atoms with Crippen molar-refractivity contribution in [2.45, 2.75) is 18.2 Å². The summed E-state index contributed by atoms with van der Waals surface area (Å²) >= 11 is 0. The summed E-state index contributed by atoms with van der Waals surface area (Å²) in [5.41, 5.74) is 0.283. The maximum Gasteiger partial charge on any atom is 0.273 e. The third-order valence-corrected chi connectivity index (χ3v) is 5.21. The number of nitrogens with zero attached hydrogens (tertiary/aromatic N) is 2. The smallest absolute Gasteiger partial charge is 0.273 e. The van der Waals surface area contributed by atoms with E-state index in [1.54, 1.807) is 6.92 Å². The van der Waals surface area contributed by atoms with Gasteiger partial charge in [0.25, 0.3) is 5.69 Å². The Labute approximate surface area is 129 Å². The molecule has 0 radical (unpaired) electrons. The highest BCUT2D eigenvalue weighted by Crippen LogP contribution is 2.24. The van der Waals surface area contributed by atoms with Crippen molar-refractivity contribution in [1.29, 1.82) is 0 Å². The standard InChI is InChI=1S/C12H17N3O4S.ClH/c1-10-3-4-11(9-12(10)15(16)17)20(18,19)14-7-2-5-13-6-8-14;/h3-4,9,13H,2,5-8H2,1H3;1H. The first kappa shape index (κ1) is 17.8. The van der Waals surface area contributed by atoms with Crippen molar-refractivity contribution in [3.63, 3.8) is 0 Å². The van der Waals surface area contributed by atoms with Gasteiger partial charge in [0.05, 0.1) is 9.82 Å². The molecule has 9 heteroatoms. The molecule has 0 unspecified atom stereocenters. The largest absolute Gasteiger partial charge is 0.315 e. The lowest BCUT2D eigenvalue weighted by Crippen LogP contribution is -2.34. The Balaban J connectivity index is 0.00000220. The lowest BCUT2D eigenvalue weighted by molar-refractivity contribution is -0.385. The van der Waals surface area contributed by atoms with Gasteiger partial charge in [-0.3, -0.25) is 10.1 Å². The number of halogens is 1. The Bertz CT molecular complexity index is 613. The molecule has 1 fully saturated rings. The number of nitro benzene ring substituents is 1. The fourth-order valence-corrected chi connectivity index (χ4v) is 3.66. The average Bonchev–Trinajstić information content (AvgIpc) is 2.67. The number of aryl methyl sites for hydroxylation is 1. The fourth-order valence-electron chi connectivity index (χ4n) is 2.16. The van der Waals surface area contributed by atoms with Gasteiger partial charge in [-0.1, -0.05) is 6.07 Å². The molecule has 1 aromatic rings. The van der Waals surface area contributed by atoms with Gasteiger partial charge in [-0.2, -0.15) is 4.31 Å². The maximum atomic E-state index is 12.5. The number of benzene rings is 1. The summed E-state index contributed by atoms with van der Waals surface area (Å²) in [6.07, 6.45) is 0.729. The van der Waals surface area contributed by atoms with Crippen molar-refractivity contribution in [2.75, 3.05) is 26.2 Å². The zero-order valence-corrected chi connectivity index (χ0v) is 13.2. The molecule has 21 heavy (non-hydrogen) atoms. The van der Waals surface area contributed by atoms with Gasteiger partial charge in [0.15, 0.2) is 0 Å². The summed E-state index contributed by atoms with van der Waals surface area (Å²) in [4.78, 5) is 10.3. The van der Waals surface area contributed by atoms with Gasteiger partial charge in [0.2, 0.25) is 10.0 Å². The van der Waals surface area contributed by atoms with Gasteiger partial charge in [-0.15, -0.1) is 12.4 Å². The van der Waals surface area contributed by atoms with E-state index in [0.717, 1.165) is 19.0 Å². The van der Waals surface area contributed by atoms with Crippen LogP contribution in [0.25, 0.3) is 0 Å². The molecular formula is C12H18ClN3O4S. The lowest BCUT2D eigenvalue weighted by atomic mass is 10.2. The van der Waals surface area contributed by atoms with Crippen molar-refractivity contribution in [3.8, 4) is 0 Å². The van der Waals surface area contributed by atoms with E-state index in [9.17, 15) is 18.5 Å². The van der Waals surface area contributed by atoms with Crippen LogP contribution in [-0.4, -0.2) is 43.8 Å². The van der Waals surface area contributed by atoms with Crippen LogP contribution in [0.2, 0.25) is 0 Å². The van der Waals surface area contributed by atoms with Crippen LogP contribution in [0.15, 0.2) is 23.1 Å². The van der Waals surface area contributed by atoms with Gasteiger partial charge >= 0.3 is 0 Å². The van der Waals surface area contributed by atoms with Crippen LogP contribution in [0, 0.1) is 17.0 Å². The van der Waals surface area contributed by atoms with Crippen LogP contribution in [0.4, 0.5) is 5.69 Å². The van der Waals surface area contributed by atoms with Gasteiger partial charge in [0, 0.05) is 31.3 Å². The lowest BCUT2D eigenvalue weighted by Gasteiger charge is -2.19. The normalized spacial score (nSPS) is 16.8. The number of nitrogens with one attached hydrogen (secondary N) is 1. The number of hydrogen-bond acceptors (Lipinski definition) is 5. The number of sulfonamides is 1. The first-order chi connectivity index (χ1) is 9.43. The molecule has 0 aromatic heterocycles. The Morgan fingerprint density at radius 1 is 1.29 bits per heavy atom. The topological polar surface area (TPSA) is 92.6 Å². The number of nitro groups is 1. The summed E-state index contributed by atoms with van der Waals surface area (Å²) in [5, 5.41) is 14.0. The number of rotatable bonds is 3. The molecule has 0 aliphatic carbocycles. The van der Waals surface area contributed by atoms with Crippen LogP contribution in [0.3, 0.4) is 0 Å². The number of hydrogen-bond donors (Lipinski definition) is 1. The minimum absolute atomic E-state index is 0. The van der Waals surface area contributed by atoms with Gasteiger partial charge in [-0.25, -0.2) is 8.42 Å². The average molecular weight is 336 g/mol. The molecule has 1 N–H and O–H groups in total. The van der Waals surface area contributed by atoms with Crippen LogP contribution in [0.1, 0.15) is 12.0 Å². The Hall–Kier alpha value is -1.22. The van der Waals surface area contributed by atoms with Gasteiger partial charge in [-0.05, 0) is 26.0 Å². The van der Waals surface area contributed by atoms with Crippen molar-refractivity contribution in [2.24, 2.45) is 0 Å². The van der Waals surface area contributed by atoms with E-state index in [4.69, 9.17) is 0 Å². The van der Waals surface area contributed by atoms with Crippen LogP contribution < -0.4 is 5.32 Å². The first-order valence-corrected chi connectivity index (χ1v) is 7.83. The van der Waals surface area contributed by atoms with Gasteiger partial charge in [0.1, 0.15) is 0 Å². The first-order valence-electron chi connectivity index (χ1n) is 6.39. The van der Waals surface area contributed by atoms with Crippen molar-refractivity contribution < 1.29 is 13.3 Å². The predicted octanol–water partition coefficient (Wildman–Crippen LogP) is 1.31. The second-order valence-corrected chi connectivity index (χ2v) is 6.65. The highest BCUT2D eigenvalue weighted by atomic mass is 35.5. The van der Waals surface area contributed by atoms with Crippen molar-refractivity contribution >= 4 is 28.1 Å². The van der Waals surface area contributed by atoms with E-state index in [0.29, 0.717) is 25.2 Å². The summed E-state index contributed by atoms with van der Waals surface area (Å²) in [6.45, 7) is 3.76. The molecule has 1 heterocycles. The minimum atomic E-state index is -3.67. The second-order valence-electron chi connectivity index (χ2n) is 4.71. The molecule has 1 aliphatic rings. The second kappa shape index (κ2) is 7.17. The quantitative estimate of drug-likeness (QED) is 0.664. The molecule has 1 aromatic carbocycles. The van der Waals surface area contributed by atoms with E-state index >= 15 is 0 Å². The highest BCUT2D eigenvalue weighted by Gasteiger charge is 2.27. The Morgan fingerprint density at radius 3 is 2.67 bits per heavy atom. The highest BCUT2D eigenvalue weighted by molar-refractivity contribution is 7.89. The molecule has 1 saturated heterocycles. The molecule has 7 nitrogen and oxygen atoms in total. The SMILES string of the molecule is Cc1ccc(S(=O)(=O)N2CCCNCC2)cc1[N+](=O)[O-].Cl. The van der Waals surface area contributed by atoms with Crippen molar-refractivity contribution in [3.05, 3.63) is 33.9 Å². The van der Waals surface area contributed by atoms with E-state index in [1.165, 1.54) is 16.4 Å².